The van der Waals surface area contributed by atoms with Crippen LogP contribution in [0.25, 0.3) is 0 Å². The van der Waals surface area contributed by atoms with E-state index in [0.29, 0.717) is 6.04 Å². The number of rotatable bonds is 9. The summed E-state index contributed by atoms with van der Waals surface area (Å²) in [6.07, 6.45) is 7.26. The standard InChI is InChI=1S/C10H24N2O/c1-3-4-5-7-10(12-11)8-6-9-13-2/h10,12H,3-9,11H2,1-2H3. The van der Waals surface area contributed by atoms with Crippen LogP contribution in [0.3, 0.4) is 0 Å². The number of nitrogens with one attached hydrogen (secondary N) is 1. The van der Waals surface area contributed by atoms with E-state index in [2.05, 4.69) is 12.3 Å². The Morgan fingerprint density at radius 1 is 1.23 bits per heavy atom. The number of ether oxygens (including phenoxy) is 1. The lowest BCUT2D eigenvalue weighted by Crippen LogP contribution is -2.35. The molecule has 1 atom stereocenters. The molecule has 0 spiro atoms. The van der Waals surface area contributed by atoms with Gasteiger partial charge in [0.15, 0.2) is 0 Å². The van der Waals surface area contributed by atoms with Gasteiger partial charge in [-0.05, 0) is 19.3 Å². The van der Waals surface area contributed by atoms with E-state index in [0.717, 1.165) is 19.4 Å². The minimum Gasteiger partial charge on any atom is -0.385 e. The lowest BCUT2D eigenvalue weighted by molar-refractivity contribution is 0.188. The zero-order valence-corrected chi connectivity index (χ0v) is 9.01. The fraction of sp³-hybridized carbons (Fsp3) is 1.00. The van der Waals surface area contributed by atoms with Gasteiger partial charge in [-0.25, -0.2) is 0 Å². The summed E-state index contributed by atoms with van der Waals surface area (Å²) in [5.74, 6) is 5.45. The molecule has 3 N–H and O–H groups in total. The second kappa shape index (κ2) is 9.96. The smallest absolute Gasteiger partial charge is 0.0462 e. The minimum absolute atomic E-state index is 0.474. The topological polar surface area (TPSA) is 47.3 Å². The Hall–Kier alpha value is -0.120. The molecule has 0 aromatic carbocycles. The largest absolute Gasteiger partial charge is 0.385 e. The molecule has 0 fully saturated rings. The van der Waals surface area contributed by atoms with E-state index in [1.54, 1.807) is 7.11 Å². The van der Waals surface area contributed by atoms with Crippen LogP contribution in [-0.2, 0) is 4.74 Å². The molecular formula is C10H24N2O. The number of methoxy groups -OCH3 is 1. The minimum atomic E-state index is 0.474. The fourth-order valence-corrected chi connectivity index (χ4v) is 1.43. The van der Waals surface area contributed by atoms with Crippen molar-refractivity contribution in [3.05, 3.63) is 0 Å². The van der Waals surface area contributed by atoms with Crippen molar-refractivity contribution < 1.29 is 4.74 Å². The number of hydrogen-bond acceptors (Lipinski definition) is 3. The normalized spacial score (nSPS) is 13.2. The van der Waals surface area contributed by atoms with Gasteiger partial charge in [0.05, 0.1) is 0 Å². The van der Waals surface area contributed by atoms with Crippen molar-refractivity contribution in [2.45, 2.75) is 51.5 Å². The molecule has 0 aliphatic heterocycles. The highest BCUT2D eigenvalue weighted by Gasteiger charge is 2.04. The van der Waals surface area contributed by atoms with Crippen LogP contribution in [0.1, 0.15) is 45.4 Å². The molecule has 0 rings (SSSR count). The van der Waals surface area contributed by atoms with Crippen LogP contribution >= 0.6 is 0 Å². The van der Waals surface area contributed by atoms with Gasteiger partial charge in [0.25, 0.3) is 0 Å². The first-order valence-electron chi connectivity index (χ1n) is 5.30. The maximum atomic E-state index is 5.45. The van der Waals surface area contributed by atoms with Gasteiger partial charge in [0.2, 0.25) is 0 Å². The summed E-state index contributed by atoms with van der Waals surface area (Å²) in [5, 5.41) is 0. The van der Waals surface area contributed by atoms with Crippen LogP contribution in [0.4, 0.5) is 0 Å². The molecule has 0 radical (unpaired) electrons. The van der Waals surface area contributed by atoms with Crippen LogP contribution in [0.5, 0.6) is 0 Å². The molecule has 0 saturated heterocycles. The molecule has 0 bridgehead atoms. The molecule has 0 saturated carbocycles. The average molecular weight is 188 g/mol. The quantitative estimate of drug-likeness (QED) is 0.330. The Kier molecular flexibility index (Phi) is 9.87. The molecule has 3 heteroatoms. The molecule has 0 amide bonds. The van der Waals surface area contributed by atoms with Gasteiger partial charge >= 0.3 is 0 Å². The Morgan fingerprint density at radius 2 is 1.92 bits per heavy atom. The predicted octanol–water partition coefficient (Wildman–Crippen LogP) is 1.83. The van der Waals surface area contributed by atoms with Gasteiger partial charge in [-0.3, -0.25) is 11.3 Å². The highest BCUT2D eigenvalue weighted by atomic mass is 16.5. The lowest BCUT2D eigenvalue weighted by atomic mass is 10.0. The molecule has 0 aromatic rings. The van der Waals surface area contributed by atoms with Crippen LogP contribution < -0.4 is 11.3 Å². The first-order valence-corrected chi connectivity index (χ1v) is 5.30. The maximum absolute atomic E-state index is 5.45. The molecule has 80 valence electrons. The molecule has 0 aliphatic rings. The summed E-state index contributed by atoms with van der Waals surface area (Å²) in [6.45, 7) is 3.06. The molecule has 13 heavy (non-hydrogen) atoms. The maximum Gasteiger partial charge on any atom is 0.0462 e. The van der Waals surface area contributed by atoms with E-state index < -0.39 is 0 Å². The summed E-state index contributed by atoms with van der Waals surface area (Å²) in [6, 6.07) is 0.474. The van der Waals surface area contributed by atoms with Gasteiger partial charge in [-0.15, -0.1) is 0 Å². The third-order valence-corrected chi connectivity index (χ3v) is 2.29. The fourth-order valence-electron chi connectivity index (χ4n) is 1.43. The Morgan fingerprint density at radius 3 is 2.46 bits per heavy atom. The summed E-state index contributed by atoms with van der Waals surface area (Å²) in [7, 11) is 1.74. The number of nitrogens with two attached hydrogens (primary N) is 1. The van der Waals surface area contributed by atoms with E-state index in [9.17, 15) is 0 Å². The van der Waals surface area contributed by atoms with Crippen LogP contribution in [0.2, 0.25) is 0 Å². The van der Waals surface area contributed by atoms with Crippen molar-refractivity contribution >= 4 is 0 Å². The molecule has 0 aromatic heterocycles. The first-order chi connectivity index (χ1) is 6.35. The summed E-state index contributed by atoms with van der Waals surface area (Å²) in [5.41, 5.74) is 2.86. The number of hydrogen-bond donors (Lipinski definition) is 2. The highest BCUT2D eigenvalue weighted by Crippen LogP contribution is 2.07. The van der Waals surface area contributed by atoms with Crippen LogP contribution in [0, 0.1) is 0 Å². The van der Waals surface area contributed by atoms with E-state index in [4.69, 9.17) is 10.6 Å². The third kappa shape index (κ3) is 8.22. The molecular weight excluding hydrogens is 164 g/mol. The Bertz CT molecular complexity index is 88.9. The molecule has 3 nitrogen and oxygen atoms in total. The Labute approximate surface area is 82.0 Å². The SMILES string of the molecule is CCCCCC(CCCOC)NN. The second-order valence-corrected chi connectivity index (χ2v) is 3.49. The van der Waals surface area contributed by atoms with Crippen molar-refractivity contribution in [1.29, 1.82) is 0 Å². The molecule has 0 heterocycles. The number of hydrazine groups is 1. The van der Waals surface area contributed by atoms with E-state index in [1.807, 2.05) is 0 Å². The van der Waals surface area contributed by atoms with Crippen LogP contribution in [0.15, 0.2) is 0 Å². The van der Waals surface area contributed by atoms with E-state index in [-0.39, 0.29) is 0 Å². The zero-order chi connectivity index (χ0) is 9.94. The van der Waals surface area contributed by atoms with Gasteiger partial charge in [0.1, 0.15) is 0 Å². The highest BCUT2D eigenvalue weighted by molar-refractivity contribution is 4.63. The lowest BCUT2D eigenvalue weighted by Gasteiger charge is -2.14. The van der Waals surface area contributed by atoms with Gasteiger partial charge in [0, 0.05) is 19.8 Å². The van der Waals surface area contributed by atoms with E-state index in [1.165, 1.54) is 25.7 Å². The second-order valence-electron chi connectivity index (χ2n) is 3.49. The van der Waals surface area contributed by atoms with Gasteiger partial charge in [-0.2, -0.15) is 0 Å². The summed E-state index contributed by atoms with van der Waals surface area (Å²) in [4.78, 5) is 0. The molecule has 0 aliphatic carbocycles. The zero-order valence-electron chi connectivity index (χ0n) is 9.01. The number of unbranched alkanes of at least 4 members (excludes halogenated alkanes) is 2. The molecule has 1 unspecified atom stereocenters. The van der Waals surface area contributed by atoms with Crippen molar-refractivity contribution in [3.63, 3.8) is 0 Å². The first kappa shape index (κ1) is 12.9. The van der Waals surface area contributed by atoms with Gasteiger partial charge in [-0.1, -0.05) is 26.2 Å². The van der Waals surface area contributed by atoms with Crippen molar-refractivity contribution in [2.75, 3.05) is 13.7 Å². The monoisotopic (exact) mass is 188 g/mol. The summed E-state index contributed by atoms with van der Waals surface area (Å²) < 4.78 is 4.99. The van der Waals surface area contributed by atoms with Crippen molar-refractivity contribution in [3.8, 4) is 0 Å². The Balaban J connectivity index is 3.28. The third-order valence-electron chi connectivity index (χ3n) is 2.29. The van der Waals surface area contributed by atoms with E-state index >= 15 is 0 Å². The summed E-state index contributed by atoms with van der Waals surface area (Å²) >= 11 is 0. The average Bonchev–Trinajstić information content (AvgIpc) is 2.16. The van der Waals surface area contributed by atoms with Crippen molar-refractivity contribution in [1.82, 2.24) is 5.43 Å². The van der Waals surface area contributed by atoms with Crippen molar-refractivity contribution in [2.24, 2.45) is 5.84 Å². The van der Waals surface area contributed by atoms with Crippen LogP contribution in [-0.4, -0.2) is 19.8 Å². The predicted molar refractivity (Wildman–Crippen MR) is 56.4 cm³/mol. The van der Waals surface area contributed by atoms with Gasteiger partial charge < -0.3 is 4.74 Å².